The lowest BCUT2D eigenvalue weighted by molar-refractivity contribution is 0.405. The summed E-state index contributed by atoms with van der Waals surface area (Å²) < 4.78 is 12.0. The van der Waals surface area contributed by atoms with Crippen LogP contribution in [0.4, 0.5) is 11.6 Å². The van der Waals surface area contributed by atoms with Crippen molar-refractivity contribution >= 4 is 28.9 Å². The van der Waals surface area contributed by atoms with Gasteiger partial charge in [0.15, 0.2) is 10.8 Å². The molecule has 0 radical (unpaired) electrons. The van der Waals surface area contributed by atoms with Crippen LogP contribution in [0.1, 0.15) is 0 Å². The Bertz CT molecular complexity index is 789. The Morgan fingerprint density at radius 3 is 2.81 bits per heavy atom. The molecule has 0 atom stereocenters. The van der Waals surface area contributed by atoms with Gasteiger partial charge in [-0.15, -0.1) is 5.10 Å². The van der Waals surface area contributed by atoms with E-state index < -0.39 is 0 Å². The fraction of sp³-hybridized carbons (Fsp3) is 0.154. The van der Waals surface area contributed by atoms with Gasteiger partial charge in [-0.2, -0.15) is 4.98 Å². The largest absolute Gasteiger partial charge is 0.497 e. The number of methoxy groups -OCH3 is 2. The van der Waals surface area contributed by atoms with Crippen LogP contribution in [0.25, 0.3) is 5.65 Å². The number of fused-ring (bicyclic) bond motifs is 1. The van der Waals surface area contributed by atoms with E-state index in [9.17, 15) is 0 Å². The fourth-order valence-electron chi connectivity index (χ4n) is 1.87. The highest BCUT2D eigenvalue weighted by atomic mass is 35.5. The van der Waals surface area contributed by atoms with Crippen LogP contribution >= 0.6 is 11.6 Å². The topological polar surface area (TPSA) is 73.6 Å². The van der Waals surface area contributed by atoms with Gasteiger partial charge in [0.1, 0.15) is 11.5 Å². The third-order valence-corrected chi connectivity index (χ3v) is 3.13. The maximum absolute atomic E-state index is 5.97. The molecule has 0 aliphatic carbocycles. The monoisotopic (exact) mass is 305 g/mol. The number of aromatic nitrogens is 4. The minimum atomic E-state index is 0.288. The minimum absolute atomic E-state index is 0.288. The van der Waals surface area contributed by atoms with Crippen molar-refractivity contribution in [2.24, 2.45) is 0 Å². The standard InChI is InChI=1S/C13H12ClN5O2/c1-20-8-3-4-10(21-2)9(7-8)16-13-17-12-11(14)15-5-6-19(12)18-13/h3-7H,1-2H3,(H,16,18). The number of ether oxygens (including phenoxy) is 2. The van der Waals surface area contributed by atoms with Crippen LogP contribution in [-0.4, -0.2) is 33.8 Å². The molecule has 3 aromatic rings. The summed E-state index contributed by atoms with van der Waals surface area (Å²) in [4.78, 5) is 8.25. The van der Waals surface area contributed by atoms with Crippen molar-refractivity contribution in [1.29, 1.82) is 0 Å². The van der Waals surface area contributed by atoms with E-state index in [-0.39, 0.29) is 5.15 Å². The Labute approximate surface area is 125 Å². The molecule has 2 heterocycles. The van der Waals surface area contributed by atoms with Crippen LogP contribution < -0.4 is 14.8 Å². The van der Waals surface area contributed by atoms with E-state index in [1.54, 1.807) is 43.3 Å². The van der Waals surface area contributed by atoms with Crippen molar-refractivity contribution in [1.82, 2.24) is 19.6 Å². The summed E-state index contributed by atoms with van der Waals surface area (Å²) in [5, 5.41) is 7.64. The van der Waals surface area contributed by atoms with E-state index >= 15 is 0 Å². The lowest BCUT2D eigenvalue weighted by Crippen LogP contribution is -1.97. The molecule has 2 aromatic heterocycles. The molecule has 0 aliphatic heterocycles. The van der Waals surface area contributed by atoms with Crippen molar-refractivity contribution in [2.75, 3.05) is 19.5 Å². The third kappa shape index (κ3) is 2.55. The molecule has 0 aliphatic rings. The summed E-state index contributed by atoms with van der Waals surface area (Å²) in [6.07, 6.45) is 3.22. The molecule has 0 spiro atoms. The molecule has 1 N–H and O–H groups in total. The molecule has 0 saturated carbocycles. The van der Waals surface area contributed by atoms with Crippen LogP contribution in [0.15, 0.2) is 30.6 Å². The van der Waals surface area contributed by atoms with E-state index in [4.69, 9.17) is 21.1 Å². The van der Waals surface area contributed by atoms with Gasteiger partial charge in [-0.3, -0.25) is 0 Å². The second kappa shape index (κ2) is 5.45. The number of benzene rings is 1. The predicted molar refractivity (Wildman–Crippen MR) is 78.6 cm³/mol. The van der Waals surface area contributed by atoms with E-state index in [1.807, 2.05) is 6.07 Å². The van der Waals surface area contributed by atoms with Crippen LogP contribution in [-0.2, 0) is 0 Å². The third-order valence-electron chi connectivity index (χ3n) is 2.86. The molecule has 0 unspecified atom stereocenters. The average Bonchev–Trinajstić information content (AvgIpc) is 2.91. The second-order valence-electron chi connectivity index (χ2n) is 4.11. The molecule has 1 aromatic carbocycles. The van der Waals surface area contributed by atoms with Crippen molar-refractivity contribution in [3.8, 4) is 11.5 Å². The van der Waals surface area contributed by atoms with Gasteiger partial charge in [0.25, 0.3) is 0 Å². The summed E-state index contributed by atoms with van der Waals surface area (Å²) >= 11 is 5.97. The molecule has 0 fully saturated rings. The van der Waals surface area contributed by atoms with Gasteiger partial charge in [-0.25, -0.2) is 9.50 Å². The zero-order valence-electron chi connectivity index (χ0n) is 11.4. The molecule has 0 bridgehead atoms. The van der Waals surface area contributed by atoms with Gasteiger partial charge in [0.2, 0.25) is 5.95 Å². The Morgan fingerprint density at radius 1 is 1.24 bits per heavy atom. The van der Waals surface area contributed by atoms with Gasteiger partial charge in [0.05, 0.1) is 19.9 Å². The molecular weight excluding hydrogens is 294 g/mol. The first-order valence-corrected chi connectivity index (χ1v) is 6.45. The lowest BCUT2D eigenvalue weighted by atomic mass is 10.2. The number of halogens is 1. The summed E-state index contributed by atoms with van der Waals surface area (Å²) in [5.41, 5.74) is 1.17. The van der Waals surface area contributed by atoms with E-state index in [0.717, 1.165) is 0 Å². The van der Waals surface area contributed by atoms with Gasteiger partial charge in [-0.1, -0.05) is 11.6 Å². The van der Waals surface area contributed by atoms with E-state index in [2.05, 4.69) is 20.4 Å². The molecule has 0 saturated heterocycles. The fourth-order valence-corrected chi connectivity index (χ4v) is 2.06. The molecule has 8 heteroatoms. The predicted octanol–water partition coefficient (Wildman–Crippen LogP) is 2.54. The SMILES string of the molecule is COc1ccc(OC)c(Nc2nc3c(Cl)nccn3n2)c1. The number of nitrogens with zero attached hydrogens (tertiary/aromatic N) is 4. The summed E-state index contributed by atoms with van der Waals surface area (Å²) in [5.74, 6) is 1.73. The highest BCUT2D eigenvalue weighted by molar-refractivity contribution is 6.32. The van der Waals surface area contributed by atoms with E-state index in [0.29, 0.717) is 28.8 Å². The van der Waals surface area contributed by atoms with Gasteiger partial charge < -0.3 is 14.8 Å². The van der Waals surface area contributed by atoms with Crippen LogP contribution in [0.3, 0.4) is 0 Å². The Kier molecular flexibility index (Phi) is 3.49. The maximum atomic E-state index is 5.97. The van der Waals surface area contributed by atoms with Crippen molar-refractivity contribution in [2.45, 2.75) is 0 Å². The highest BCUT2D eigenvalue weighted by Gasteiger charge is 2.11. The molecule has 3 rings (SSSR count). The quantitative estimate of drug-likeness (QED) is 0.798. The van der Waals surface area contributed by atoms with E-state index in [1.165, 1.54) is 0 Å². The molecule has 0 amide bonds. The van der Waals surface area contributed by atoms with Crippen LogP contribution in [0.5, 0.6) is 11.5 Å². The molecule has 7 nitrogen and oxygen atoms in total. The summed E-state index contributed by atoms with van der Waals surface area (Å²) in [6.45, 7) is 0. The Balaban J connectivity index is 1.99. The first-order chi connectivity index (χ1) is 10.2. The van der Waals surface area contributed by atoms with Crippen molar-refractivity contribution in [3.05, 3.63) is 35.7 Å². The number of hydrogen-bond acceptors (Lipinski definition) is 6. The number of anilines is 2. The maximum Gasteiger partial charge on any atom is 0.247 e. The zero-order chi connectivity index (χ0) is 14.8. The molecule has 21 heavy (non-hydrogen) atoms. The smallest absolute Gasteiger partial charge is 0.247 e. The number of rotatable bonds is 4. The first-order valence-electron chi connectivity index (χ1n) is 6.07. The van der Waals surface area contributed by atoms with Crippen molar-refractivity contribution in [3.63, 3.8) is 0 Å². The Hall–Kier alpha value is -2.54. The van der Waals surface area contributed by atoms with Crippen molar-refractivity contribution < 1.29 is 9.47 Å². The summed E-state index contributed by atoms with van der Waals surface area (Å²) in [6, 6.07) is 5.40. The second-order valence-corrected chi connectivity index (χ2v) is 4.47. The first kappa shape index (κ1) is 13.4. The minimum Gasteiger partial charge on any atom is -0.497 e. The van der Waals surface area contributed by atoms with Gasteiger partial charge in [0, 0.05) is 18.5 Å². The number of nitrogens with one attached hydrogen (secondary N) is 1. The normalized spacial score (nSPS) is 10.6. The van der Waals surface area contributed by atoms with Gasteiger partial charge >= 0.3 is 0 Å². The molecular formula is C13H12ClN5O2. The summed E-state index contributed by atoms with van der Waals surface area (Å²) in [7, 11) is 3.19. The molecule has 108 valence electrons. The number of hydrogen-bond donors (Lipinski definition) is 1. The Morgan fingerprint density at radius 2 is 2.10 bits per heavy atom. The van der Waals surface area contributed by atoms with Crippen LogP contribution in [0.2, 0.25) is 5.15 Å². The lowest BCUT2D eigenvalue weighted by Gasteiger charge is -2.10. The zero-order valence-corrected chi connectivity index (χ0v) is 12.1. The van der Waals surface area contributed by atoms with Gasteiger partial charge in [-0.05, 0) is 12.1 Å². The highest BCUT2D eigenvalue weighted by Crippen LogP contribution is 2.30. The van der Waals surface area contributed by atoms with Crippen LogP contribution in [0, 0.1) is 0 Å². The average molecular weight is 306 g/mol.